The van der Waals surface area contributed by atoms with Crippen molar-refractivity contribution in [2.24, 2.45) is 0 Å². The molecule has 1 N–H and O–H groups in total. The molecule has 106 valence electrons. The Labute approximate surface area is 114 Å². The van der Waals surface area contributed by atoms with Crippen LogP contribution >= 0.6 is 0 Å². The lowest BCUT2D eigenvalue weighted by atomic mass is 10.2. The first-order valence-corrected chi connectivity index (χ1v) is 6.89. The van der Waals surface area contributed by atoms with Crippen molar-refractivity contribution < 1.29 is 14.6 Å². The lowest BCUT2D eigenvalue weighted by Gasteiger charge is -2.23. The molecule has 2 atom stereocenters. The molecule has 2 unspecified atom stereocenters. The van der Waals surface area contributed by atoms with E-state index in [-0.39, 0.29) is 6.10 Å². The standard InChI is InChI=1S/C15H23NO3/c1-16(13-6-3-2-4-7-13)10-14(17)11-18-12-15-8-5-9-19-15/h2-4,6-7,14-15,17H,5,8-12H2,1H3. The van der Waals surface area contributed by atoms with Crippen LogP contribution in [0.2, 0.25) is 0 Å². The molecule has 1 heterocycles. The van der Waals surface area contributed by atoms with Gasteiger partial charge >= 0.3 is 0 Å². The Morgan fingerprint density at radius 1 is 1.42 bits per heavy atom. The van der Waals surface area contributed by atoms with Crippen LogP contribution in [0.15, 0.2) is 30.3 Å². The molecule has 1 aromatic rings. The molecule has 0 radical (unpaired) electrons. The van der Waals surface area contributed by atoms with Crippen LogP contribution in [0.3, 0.4) is 0 Å². The second-order valence-electron chi connectivity index (χ2n) is 5.04. The first kappa shape index (κ1) is 14.3. The van der Waals surface area contributed by atoms with Gasteiger partial charge < -0.3 is 19.5 Å². The van der Waals surface area contributed by atoms with E-state index >= 15 is 0 Å². The molecule has 4 heteroatoms. The van der Waals surface area contributed by atoms with Crippen molar-refractivity contribution in [1.29, 1.82) is 0 Å². The Morgan fingerprint density at radius 3 is 2.89 bits per heavy atom. The van der Waals surface area contributed by atoms with Gasteiger partial charge in [0.1, 0.15) is 0 Å². The maximum Gasteiger partial charge on any atom is 0.0947 e. The van der Waals surface area contributed by atoms with E-state index in [9.17, 15) is 5.11 Å². The maximum absolute atomic E-state index is 9.95. The number of likely N-dealkylation sites (N-methyl/N-ethyl adjacent to an activating group) is 1. The molecule has 2 rings (SSSR count). The molecule has 1 aliphatic heterocycles. The minimum Gasteiger partial charge on any atom is -0.389 e. The number of aliphatic hydroxyl groups is 1. The minimum absolute atomic E-state index is 0.221. The van der Waals surface area contributed by atoms with Gasteiger partial charge in [0.15, 0.2) is 0 Å². The third kappa shape index (κ3) is 4.82. The normalized spacial score (nSPS) is 20.4. The van der Waals surface area contributed by atoms with E-state index in [1.54, 1.807) is 0 Å². The molecule has 1 aromatic carbocycles. The van der Waals surface area contributed by atoms with Gasteiger partial charge in [-0.15, -0.1) is 0 Å². The van der Waals surface area contributed by atoms with E-state index in [0.29, 0.717) is 19.8 Å². The Hall–Kier alpha value is -1.10. The Balaban J connectivity index is 1.64. The molecule has 1 fully saturated rings. The number of aliphatic hydroxyl groups excluding tert-OH is 1. The SMILES string of the molecule is CN(CC(O)COCC1CCCO1)c1ccccc1. The highest BCUT2D eigenvalue weighted by molar-refractivity contribution is 5.45. The summed E-state index contributed by atoms with van der Waals surface area (Å²) >= 11 is 0. The van der Waals surface area contributed by atoms with Gasteiger partial charge in [0.05, 0.1) is 25.4 Å². The van der Waals surface area contributed by atoms with Gasteiger partial charge in [0, 0.05) is 25.9 Å². The summed E-state index contributed by atoms with van der Waals surface area (Å²) < 4.78 is 11.0. The van der Waals surface area contributed by atoms with Gasteiger partial charge in [0.25, 0.3) is 0 Å². The summed E-state index contributed by atoms with van der Waals surface area (Å²) in [5.41, 5.74) is 1.10. The topological polar surface area (TPSA) is 41.9 Å². The number of anilines is 1. The van der Waals surface area contributed by atoms with Crippen LogP contribution in [-0.4, -0.2) is 50.7 Å². The largest absolute Gasteiger partial charge is 0.389 e. The van der Waals surface area contributed by atoms with E-state index < -0.39 is 6.10 Å². The summed E-state index contributed by atoms with van der Waals surface area (Å²) in [6.45, 7) is 2.35. The number of rotatable bonds is 7. The fourth-order valence-corrected chi connectivity index (χ4v) is 2.27. The van der Waals surface area contributed by atoms with Gasteiger partial charge in [-0.05, 0) is 25.0 Å². The molecular weight excluding hydrogens is 242 g/mol. The van der Waals surface area contributed by atoms with Crippen molar-refractivity contribution in [3.05, 3.63) is 30.3 Å². The van der Waals surface area contributed by atoms with Gasteiger partial charge in [-0.1, -0.05) is 18.2 Å². The van der Waals surface area contributed by atoms with E-state index in [1.807, 2.05) is 42.3 Å². The zero-order valence-corrected chi connectivity index (χ0v) is 11.5. The zero-order valence-electron chi connectivity index (χ0n) is 11.5. The van der Waals surface area contributed by atoms with Crippen LogP contribution in [0.4, 0.5) is 5.69 Å². The fraction of sp³-hybridized carbons (Fsp3) is 0.600. The highest BCUT2D eigenvalue weighted by Gasteiger charge is 2.16. The minimum atomic E-state index is -0.480. The van der Waals surface area contributed by atoms with E-state index in [0.717, 1.165) is 25.1 Å². The molecule has 0 bridgehead atoms. The lowest BCUT2D eigenvalue weighted by molar-refractivity contribution is -0.0147. The zero-order chi connectivity index (χ0) is 13.5. The summed E-state index contributed by atoms with van der Waals surface area (Å²) in [5.74, 6) is 0. The van der Waals surface area contributed by atoms with Gasteiger partial charge in [-0.3, -0.25) is 0 Å². The average molecular weight is 265 g/mol. The summed E-state index contributed by atoms with van der Waals surface area (Å²) in [6.07, 6.45) is 1.93. The Bertz CT molecular complexity index is 352. The third-order valence-electron chi connectivity index (χ3n) is 3.32. The molecular formula is C15H23NO3. The summed E-state index contributed by atoms with van der Waals surface area (Å²) in [7, 11) is 1.97. The second-order valence-corrected chi connectivity index (χ2v) is 5.04. The maximum atomic E-state index is 9.95. The number of nitrogens with zero attached hydrogens (tertiary/aromatic N) is 1. The number of ether oxygens (including phenoxy) is 2. The predicted molar refractivity (Wildman–Crippen MR) is 75.5 cm³/mol. The third-order valence-corrected chi connectivity index (χ3v) is 3.32. The summed E-state index contributed by atoms with van der Waals surface area (Å²) in [4.78, 5) is 2.03. The van der Waals surface area contributed by atoms with Crippen molar-refractivity contribution in [1.82, 2.24) is 0 Å². The van der Waals surface area contributed by atoms with Crippen LogP contribution in [0.1, 0.15) is 12.8 Å². The molecule has 0 spiro atoms. The van der Waals surface area contributed by atoms with Crippen molar-refractivity contribution in [3.8, 4) is 0 Å². The monoisotopic (exact) mass is 265 g/mol. The summed E-state index contributed by atoms with van der Waals surface area (Å²) in [6, 6.07) is 10.0. The first-order chi connectivity index (χ1) is 9.25. The average Bonchev–Trinajstić information content (AvgIpc) is 2.93. The first-order valence-electron chi connectivity index (χ1n) is 6.89. The molecule has 0 aromatic heterocycles. The van der Waals surface area contributed by atoms with Crippen LogP contribution < -0.4 is 4.90 Å². The molecule has 1 aliphatic rings. The number of hydrogen-bond acceptors (Lipinski definition) is 4. The van der Waals surface area contributed by atoms with Crippen molar-refractivity contribution in [2.45, 2.75) is 25.0 Å². The van der Waals surface area contributed by atoms with Crippen molar-refractivity contribution >= 4 is 5.69 Å². The Morgan fingerprint density at radius 2 is 2.21 bits per heavy atom. The van der Waals surface area contributed by atoms with Gasteiger partial charge in [-0.2, -0.15) is 0 Å². The summed E-state index contributed by atoms with van der Waals surface area (Å²) in [5, 5.41) is 9.95. The van der Waals surface area contributed by atoms with Crippen LogP contribution in [0, 0.1) is 0 Å². The molecule has 0 aliphatic carbocycles. The van der Waals surface area contributed by atoms with E-state index in [4.69, 9.17) is 9.47 Å². The van der Waals surface area contributed by atoms with Gasteiger partial charge in [0.2, 0.25) is 0 Å². The highest BCUT2D eigenvalue weighted by atomic mass is 16.5. The van der Waals surface area contributed by atoms with Crippen molar-refractivity contribution in [2.75, 3.05) is 38.3 Å². The lowest BCUT2D eigenvalue weighted by Crippen LogP contribution is -2.33. The number of para-hydroxylation sites is 1. The van der Waals surface area contributed by atoms with E-state index in [1.165, 1.54) is 0 Å². The quantitative estimate of drug-likeness (QED) is 0.814. The van der Waals surface area contributed by atoms with Crippen LogP contribution in [0.25, 0.3) is 0 Å². The smallest absolute Gasteiger partial charge is 0.0947 e. The number of hydrogen-bond donors (Lipinski definition) is 1. The van der Waals surface area contributed by atoms with Gasteiger partial charge in [-0.25, -0.2) is 0 Å². The van der Waals surface area contributed by atoms with E-state index in [2.05, 4.69) is 0 Å². The predicted octanol–water partition coefficient (Wildman–Crippen LogP) is 1.68. The molecule has 4 nitrogen and oxygen atoms in total. The highest BCUT2D eigenvalue weighted by Crippen LogP contribution is 2.13. The second kappa shape index (κ2) is 7.48. The molecule has 19 heavy (non-hydrogen) atoms. The molecule has 0 amide bonds. The van der Waals surface area contributed by atoms with Crippen LogP contribution in [0.5, 0.6) is 0 Å². The van der Waals surface area contributed by atoms with Crippen molar-refractivity contribution in [3.63, 3.8) is 0 Å². The molecule has 1 saturated heterocycles. The fourth-order valence-electron chi connectivity index (χ4n) is 2.27. The number of benzene rings is 1. The molecule has 0 saturated carbocycles. The Kier molecular flexibility index (Phi) is 5.63. The van der Waals surface area contributed by atoms with Crippen LogP contribution in [-0.2, 0) is 9.47 Å².